The van der Waals surface area contributed by atoms with Gasteiger partial charge in [0, 0.05) is 17.8 Å². The van der Waals surface area contributed by atoms with Gasteiger partial charge in [-0.15, -0.1) is 0 Å². The molecule has 0 bridgehead atoms. The zero-order chi connectivity index (χ0) is 16.7. The molecule has 0 aliphatic carbocycles. The monoisotopic (exact) mass is 323 g/mol. The molecular formula is C14H9N7O3. The Morgan fingerprint density at radius 1 is 1.12 bits per heavy atom. The number of rotatable bonds is 2. The fourth-order valence-corrected chi connectivity index (χ4v) is 2.21. The Bertz CT molecular complexity index is 1160. The van der Waals surface area contributed by atoms with Crippen molar-refractivity contribution in [2.45, 2.75) is 0 Å². The summed E-state index contributed by atoms with van der Waals surface area (Å²) in [7, 11) is 0. The number of pyridine rings is 2. The summed E-state index contributed by atoms with van der Waals surface area (Å²) in [5.41, 5.74) is -0.543. The first-order valence-corrected chi connectivity index (χ1v) is 6.80. The van der Waals surface area contributed by atoms with Crippen molar-refractivity contribution in [3.8, 4) is 11.5 Å². The van der Waals surface area contributed by atoms with Gasteiger partial charge < -0.3 is 5.21 Å². The largest absolute Gasteiger partial charge is 0.421 e. The van der Waals surface area contributed by atoms with Gasteiger partial charge in [0.2, 0.25) is 0 Å². The minimum atomic E-state index is -1.01. The van der Waals surface area contributed by atoms with Crippen molar-refractivity contribution in [3.05, 3.63) is 70.0 Å². The van der Waals surface area contributed by atoms with Crippen molar-refractivity contribution in [2.75, 3.05) is 0 Å². The molecule has 0 amide bonds. The van der Waals surface area contributed by atoms with Crippen LogP contribution in [0.2, 0.25) is 0 Å². The molecule has 4 aromatic rings. The zero-order valence-corrected chi connectivity index (χ0v) is 12.0. The van der Waals surface area contributed by atoms with E-state index in [0.29, 0.717) is 10.9 Å². The van der Waals surface area contributed by atoms with Crippen LogP contribution in [0.3, 0.4) is 0 Å². The highest BCUT2D eigenvalue weighted by atomic mass is 16.5. The molecule has 0 fully saturated rings. The van der Waals surface area contributed by atoms with Gasteiger partial charge in [-0.25, -0.2) is 14.5 Å². The lowest BCUT2D eigenvalue weighted by molar-refractivity contribution is 0.154. The van der Waals surface area contributed by atoms with E-state index in [1.165, 1.54) is 6.20 Å². The Morgan fingerprint density at radius 2 is 2.00 bits per heavy atom. The van der Waals surface area contributed by atoms with E-state index in [9.17, 15) is 14.8 Å². The molecule has 0 saturated heterocycles. The molecule has 1 N–H and O–H groups in total. The molecule has 4 aromatic heterocycles. The summed E-state index contributed by atoms with van der Waals surface area (Å²) in [5, 5.41) is 18.2. The molecule has 0 spiro atoms. The topological polar surface area (TPSA) is 121 Å². The van der Waals surface area contributed by atoms with Crippen LogP contribution in [0.4, 0.5) is 0 Å². The first-order chi connectivity index (χ1) is 11.6. The van der Waals surface area contributed by atoms with Gasteiger partial charge in [0.25, 0.3) is 0 Å². The molecule has 0 atom stereocenters. The molecule has 118 valence electrons. The van der Waals surface area contributed by atoms with Gasteiger partial charge in [0.1, 0.15) is 11.7 Å². The van der Waals surface area contributed by atoms with Crippen molar-refractivity contribution in [3.63, 3.8) is 0 Å². The molecule has 0 aliphatic heterocycles. The lowest BCUT2D eigenvalue weighted by Gasteiger charge is -2.02. The Hall–Kier alpha value is -3.82. The number of nitrogens with zero attached hydrogens (tertiary/aromatic N) is 7. The van der Waals surface area contributed by atoms with E-state index in [1.54, 1.807) is 35.4 Å². The normalized spacial score (nSPS) is 11.0. The van der Waals surface area contributed by atoms with E-state index >= 15 is 0 Å². The average molecular weight is 323 g/mol. The molecular weight excluding hydrogens is 314 g/mol. The lowest BCUT2D eigenvalue weighted by atomic mass is 10.3. The maximum absolute atomic E-state index is 11.9. The smallest absolute Gasteiger partial charge is 0.387 e. The van der Waals surface area contributed by atoms with Crippen LogP contribution in [0.1, 0.15) is 0 Å². The van der Waals surface area contributed by atoms with Gasteiger partial charge in [-0.05, 0) is 18.2 Å². The predicted octanol–water partition coefficient (Wildman–Crippen LogP) is -0.240. The molecule has 0 aromatic carbocycles. The Morgan fingerprint density at radius 3 is 2.79 bits per heavy atom. The van der Waals surface area contributed by atoms with Crippen molar-refractivity contribution >= 4 is 10.9 Å². The molecule has 0 saturated carbocycles. The van der Waals surface area contributed by atoms with Crippen LogP contribution in [-0.2, 0) is 0 Å². The summed E-state index contributed by atoms with van der Waals surface area (Å²) < 4.78 is 2.42. The first-order valence-electron chi connectivity index (χ1n) is 6.80. The highest BCUT2D eigenvalue weighted by Gasteiger charge is 2.10. The minimum Gasteiger partial charge on any atom is -0.421 e. The number of fused-ring (bicyclic) bond motifs is 1. The molecule has 0 aliphatic rings. The maximum atomic E-state index is 11.9. The molecule has 24 heavy (non-hydrogen) atoms. The van der Waals surface area contributed by atoms with Crippen LogP contribution in [0, 0.1) is 0 Å². The van der Waals surface area contributed by atoms with Gasteiger partial charge in [-0.2, -0.15) is 14.9 Å². The van der Waals surface area contributed by atoms with E-state index in [-0.39, 0.29) is 10.5 Å². The Labute approximate surface area is 132 Å². The summed E-state index contributed by atoms with van der Waals surface area (Å²) in [4.78, 5) is 31.2. The van der Waals surface area contributed by atoms with Crippen LogP contribution < -0.4 is 11.2 Å². The molecule has 0 unspecified atom stereocenters. The summed E-state index contributed by atoms with van der Waals surface area (Å²) in [6, 6.07) is 5.22. The van der Waals surface area contributed by atoms with Gasteiger partial charge in [-0.1, -0.05) is 4.73 Å². The van der Waals surface area contributed by atoms with Crippen molar-refractivity contribution in [2.24, 2.45) is 0 Å². The Kier molecular flexibility index (Phi) is 2.95. The molecule has 10 heteroatoms. The lowest BCUT2D eigenvalue weighted by Crippen LogP contribution is -2.39. The van der Waals surface area contributed by atoms with Crippen LogP contribution in [-0.4, -0.2) is 39.5 Å². The molecule has 4 heterocycles. The second kappa shape index (κ2) is 5.12. The average Bonchev–Trinajstić information content (AvgIpc) is 3.04. The van der Waals surface area contributed by atoms with Gasteiger partial charge >= 0.3 is 11.2 Å². The second-order valence-electron chi connectivity index (χ2n) is 4.88. The molecule has 4 rings (SSSR count). The van der Waals surface area contributed by atoms with Crippen LogP contribution in [0.5, 0.6) is 0 Å². The fraction of sp³-hybridized carbons (Fsp3) is 0. The molecule has 10 nitrogen and oxygen atoms in total. The number of hydrogen-bond donors (Lipinski definition) is 1. The third-order valence-corrected chi connectivity index (χ3v) is 3.36. The zero-order valence-electron chi connectivity index (χ0n) is 12.0. The third kappa shape index (κ3) is 2.13. The quantitative estimate of drug-likeness (QED) is 0.505. The second-order valence-corrected chi connectivity index (χ2v) is 4.88. The fourth-order valence-electron chi connectivity index (χ4n) is 2.21. The van der Waals surface area contributed by atoms with E-state index in [0.717, 1.165) is 16.6 Å². The summed E-state index contributed by atoms with van der Waals surface area (Å²) >= 11 is 0. The minimum absolute atomic E-state index is 0.0298. The standard InChI is InChI=1S/C14H9N7O3/c22-13-7-17-20(14(23)21(13)24)12-4-9-8-19(18-11(9)6-16-12)10-2-1-3-15-5-10/h1-8,24H. The predicted molar refractivity (Wildman–Crippen MR) is 81.5 cm³/mol. The van der Waals surface area contributed by atoms with E-state index in [4.69, 9.17) is 0 Å². The van der Waals surface area contributed by atoms with Crippen LogP contribution in [0.25, 0.3) is 22.4 Å². The third-order valence-electron chi connectivity index (χ3n) is 3.36. The highest BCUT2D eigenvalue weighted by molar-refractivity contribution is 5.79. The number of hydrogen-bond acceptors (Lipinski definition) is 7. The highest BCUT2D eigenvalue weighted by Crippen LogP contribution is 2.16. The van der Waals surface area contributed by atoms with Gasteiger partial charge in [0.15, 0.2) is 5.82 Å². The summed E-state index contributed by atoms with van der Waals surface area (Å²) in [6.45, 7) is 0. The summed E-state index contributed by atoms with van der Waals surface area (Å²) in [6.07, 6.45) is 7.37. The molecule has 0 radical (unpaired) electrons. The van der Waals surface area contributed by atoms with Gasteiger partial charge in [0.05, 0.1) is 18.1 Å². The van der Waals surface area contributed by atoms with Crippen LogP contribution in [0.15, 0.2) is 58.8 Å². The summed E-state index contributed by atoms with van der Waals surface area (Å²) in [5.74, 6) is 0.154. The Balaban J connectivity index is 1.86. The van der Waals surface area contributed by atoms with Crippen molar-refractivity contribution in [1.29, 1.82) is 0 Å². The first kappa shape index (κ1) is 13.8. The number of aromatic nitrogens is 7. The van der Waals surface area contributed by atoms with Crippen molar-refractivity contribution < 1.29 is 5.21 Å². The maximum Gasteiger partial charge on any atom is 0.387 e. The van der Waals surface area contributed by atoms with E-state index in [2.05, 4.69) is 20.2 Å². The van der Waals surface area contributed by atoms with E-state index < -0.39 is 11.2 Å². The van der Waals surface area contributed by atoms with E-state index in [1.807, 2.05) is 6.07 Å². The van der Waals surface area contributed by atoms with Crippen LogP contribution >= 0.6 is 0 Å². The SMILES string of the molecule is O=c1cnn(-c2cc3cn(-c4cccnc4)nc3cn2)c(=O)n1O. The van der Waals surface area contributed by atoms with Gasteiger partial charge in [-0.3, -0.25) is 9.78 Å². The van der Waals surface area contributed by atoms with Crippen molar-refractivity contribution in [1.82, 2.24) is 34.3 Å².